The van der Waals surface area contributed by atoms with Crippen LogP contribution in [0.5, 0.6) is 0 Å². The molecular formula is C17H24N4. The number of anilines is 1. The third kappa shape index (κ3) is 2.63. The van der Waals surface area contributed by atoms with Crippen molar-refractivity contribution < 1.29 is 0 Å². The largest absolute Gasteiger partial charge is 0.353 e. The first kappa shape index (κ1) is 14.3. The Kier molecular flexibility index (Phi) is 4.12. The number of nitriles is 1. The molecule has 1 fully saturated rings. The standard InChI is InChI=1S/C17H24N4/c1-12(2)16-14-6-4-3-5-13(14)15(11-18)17(20-16)21-9-7-19-8-10-21/h12,19H,3-10H2,1-2H3. The van der Waals surface area contributed by atoms with Crippen LogP contribution in [0.15, 0.2) is 0 Å². The average molecular weight is 284 g/mol. The maximum Gasteiger partial charge on any atom is 0.147 e. The van der Waals surface area contributed by atoms with Crippen molar-refractivity contribution in [1.82, 2.24) is 10.3 Å². The van der Waals surface area contributed by atoms with Crippen molar-refractivity contribution in [2.45, 2.75) is 45.4 Å². The van der Waals surface area contributed by atoms with Crippen molar-refractivity contribution in [2.75, 3.05) is 31.1 Å². The fourth-order valence-corrected chi connectivity index (χ4v) is 3.54. The van der Waals surface area contributed by atoms with E-state index in [9.17, 15) is 5.26 Å². The molecule has 1 N–H and O–H groups in total. The van der Waals surface area contributed by atoms with Crippen molar-refractivity contribution in [3.8, 4) is 6.07 Å². The first-order chi connectivity index (χ1) is 10.2. The molecule has 112 valence electrons. The van der Waals surface area contributed by atoms with Crippen molar-refractivity contribution >= 4 is 5.82 Å². The average Bonchev–Trinajstić information content (AvgIpc) is 2.53. The molecule has 0 radical (unpaired) electrons. The maximum atomic E-state index is 9.70. The van der Waals surface area contributed by atoms with Crippen LogP contribution in [-0.2, 0) is 12.8 Å². The predicted molar refractivity (Wildman–Crippen MR) is 84.8 cm³/mol. The van der Waals surface area contributed by atoms with Crippen LogP contribution in [0.2, 0.25) is 0 Å². The van der Waals surface area contributed by atoms with Crippen LogP contribution in [0.1, 0.15) is 55.0 Å². The van der Waals surface area contributed by atoms with Gasteiger partial charge in [-0.1, -0.05) is 13.8 Å². The Balaban J connectivity index is 2.14. The first-order valence-electron chi connectivity index (χ1n) is 8.13. The summed E-state index contributed by atoms with van der Waals surface area (Å²) in [4.78, 5) is 7.24. The molecule has 1 aliphatic carbocycles. The number of aromatic nitrogens is 1. The highest BCUT2D eigenvalue weighted by molar-refractivity contribution is 5.62. The number of rotatable bonds is 2. The van der Waals surface area contributed by atoms with Gasteiger partial charge in [-0.25, -0.2) is 4.98 Å². The lowest BCUT2D eigenvalue weighted by Crippen LogP contribution is -2.44. The molecule has 4 heteroatoms. The van der Waals surface area contributed by atoms with E-state index in [0.717, 1.165) is 50.4 Å². The molecule has 0 aromatic carbocycles. The van der Waals surface area contributed by atoms with E-state index in [-0.39, 0.29) is 0 Å². The van der Waals surface area contributed by atoms with E-state index >= 15 is 0 Å². The third-order valence-corrected chi connectivity index (χ3v) is 4.60. The molecule has 0 saturated carbocycles. The maximum absolute atomic E-state index is 9.70. The van der Waals surface area contributed by atoms with Gasteiger partial charge in [0.2, 0.25) is 0 Å². The van der Waals surface area contributed by atoms with Gasteiger partial charge in [0.05, 0.1) is 5.56 Å². The smallest absolute Gasteiger partial charge is 0.147 e. The van der Waals surface area contributed by atoms with E-state index in [1.54, 1.807) is 0 Å². The number of hydrogen-bond donors (Lipinski definition) is 1. The van der Waals surface area contributed by atoms with Crippen molar-refractivity contribution in [3.05, 3.63) is 22.4 Å². The van der Waals surface area contributed by atoms with Gasteiger partial charge in [-0.3, -0.25) is 0 Å². The van der Waals surface area contributed by atoms with Crippen molar-refractivity contribution in [2.24, 2.45) is 0 Å². The van der Waals surface area contributed by atoms with Gasteiger partial charge in [-0.2, -0.15) is 5.26 Å². The summed E-state index contributed by atoms with van der Waals surface area (Å²) in [7, 11) is 0. The van der Waals surface area contributed by atoms with Gasteiger partial charge in [-0.15, -0.1) is 0 Å². The van der Waals surface area contributed by atoms with Gasteiger partial charge in [-0.05, 0) is 42.7 Å². The lowest BCUT2D eigenvalue weighted by atomic mass is 9.85. The fraction of sp³-hybridized carbons (Fsp3) is 0.647. The molecule has 0 bridgehead atoms. The monoisotopic (exact) mass is 284 g/mol. The SMILES string of the molecule is CC(C)c1nc(N2CCNCC2)c(C#N)c2c1CCCC2. The van der Waals surface area contributed by atoms with E-state index in [0.29, 0.717) is 5.92 Å². The molecule has 1 aliphatic heterocycles. The lowest BCUT2D eigenvalue weighted by Gasteiger charge is -2.32. The molecule has 0 atom stereocenters. The molecule has 0 unspecified atom stereocenters. The van der Waals surface area contributed by atoms with Crippen LogP contribution in [0.3, 0.4) is 0 Å². The Labute approximate surface area is 127 Å². The van der Waals surface area contributed by atoms with Crippen LogP contribution in [-0.4, -0.2) is 31.2 Å². The van der Waals surface area contributed by atoms with Crippen LogP contribution in [0.25, 0.3) is 0 Å². The number of fused-ring (bicyclic) bond motifs is 1. The molecule has 1 aromatic rings. The van der Waals surface area contributed by atoms with Crippen LogP contribution in [0, 0.1) is 11.3 Å². The van der Waals surface area contributed by atoms with Crippen LogP contribution in [0.4, 0.5) is 5.82 Å². The number of nitrogens with one attached hydrogen (secondary N) is 1. The number of piperazine rings is 1. The van der Waals surface area contributed by atoms with Gasteiger partial charge < -0.3 is 10.2 Å². The molecule has 2 heterocycles. The zero-order valence-electron chi connectivity index (χ0n) is 13.1. The van der Waals surface area contributed by atoms with Gasteiger partial charge in [0.15, 0.2) is 0 Å². The summed E-state index contributed by atoms with van der Waals surface area (Å²) in [6.07, 6.45) is 4.56. The summed E-state index contributed by atoms with van der Waals surface area (Å²) >= 11 is 0. The minimum atomic E-state index is 0.422. The minimum absolute atomic E-state index is 0.422. The summed E-state index contributed by atoms with van der Waals surface area (Å²) < 4.78 is 0. The second-order valence-corrected chi connectivity index (χ2v) is 6.36. The number of nitrogens with zero attached hydrogens (tertiary/aromatic N) is 3. The van der Waals surface area contributed by atoms with E-state index < -0.39 is 0 Å². The summed E-state index contributed by atoms with van der Waals surface area (Å²) in [5.74, 6) is 1.36. The molecule has 4 nitrogen and oxygen atoms in total. The highest BCUT2D eigenvalue weighted by atomic mass is 15.2. The minimum Gasteiger partial charge on any atom is -0.353 e. The molecule has 3 rings (SSSR count). The Bertz CT molecular complexity index is 565. The molecule has 21 heavy (non-hydrogen) atoms. The highest BCUT2D eigenvalue weighted by Crippen LogP contribution is 2.34. The quantitative estimate of drug-likeness (QED) is 0.906. The normalized spacial score (nSPS) is 18.5. The number of pyridine rings is 1. The van der Waals surface area contributed by atoms with Gasteiger partial charge in [0.1, 0.15) is 11.9 Å². The van der Waals surface area contributed by atoms with E-state index in [4.69, 9.17) is 4.98 Å². The Morgan fingerprint density at radius 1 is 1.14 bits per heavy atom. The summed E-state index contributed by atoms with van der Waals surface area (Å²) in [6.45, 7) is 8.26. The fourth-order valence-electron chi connectivity index (χ4n) is 3.54. The van der Waals surface area contributed by atoms with Crippen molar-refractivity contribution in [3.63, 3.8) is 0 Å². The van der Waals surface area contributed by atoms with E-state index in [1.807, 2.05) is 0 Å². The summed E-state index contributed by atoms with van der Waals surface area (Å²) in [5, 5.41) is 13.1. The lowest BCUT2D eigenvalue weighted by molar-refractivity contribution is 0.580. The van der Waals surface area contributed by atoms with Crippen LogP contribution >= 0.6 is 0 Å². The number of hydrogen-bond acceptors (Lipinski definition) is 4. The molecule has 0 spiro atoms. The molecule has 1 aromatic heterocycles. The van der Waals surface area contributed by atoms with E-state index in [2.05, 4.69) is 30.1 Å². The second kappa shape index (κ2) is 6.03. The highest BCUT2D eigenvalue weighted by Gasteiger charge is 2.26. The zero-order chi connectivity index (χ0) is 14.8. The van der Waals surface area contributed by atoms with Gasteiger partial charge >= 0.3 is 0 Å². The first-order valence-corrected chi connectivity index (χ1v) is 8.13. The molecule has 2 aliphatic rings. The van der Waals surface area contributed by atoms with Gasteiger partial charge in [0.25, 0.3) is 0 Å². The zero-order valence-corrected chi connectivity index (χ0v) is 13.1. The van der Waals surface area contributed by atoms with Crippen molar-refractivity contribution in [1.29, 1.82) is 5.26 Å². The van der Waals surface area contributed by atoms with Crippen LogP contribution < -0.4 is 10.2 Å². The van der Waals surface area contributed by atoms with E-state index in [1.165, 1.54) is 29.7 Å². The predicted octanol–water partition coefficient (Wildman–Crippen LogP) is 2.37. The molecular weight excluding hydrogens is 260 g/mol. The Hall–Kier alpha value is -1.60. The molecule has 0 amide bonds. The molecule has 1 saturated heterocycles. The topological polar surface area (TPSA) is 52.0 Å². The Morgan fingerprint density at radius 3 is 2.43 bits per heavy atom. The third-order valence-electron chi connectivity index (χ3n) is 4.60. The van der Waals surface area contributed by atoms with Gasteiger partial charge in [0, 0.05) is 31.9 Å². The summed E-state index contributed by atoms with van der Waals surface area (Å²) in [6, 6.07) is 2.46. The summed E-state index contributed by atoms with van der Waals surface area (Å²) in [5.41, 5.74) is 4.72. The second-order valence-electron chi connectivity index (χ2n) is 6.36. The Morgan fingerprint density at radius 2 is 1.81 bits per heavy atom.